The molecule has 1 amide bonds. The summed E-state index contributed by atoms with van der Waals surface area (Å²) in [5, 5.41) is 0. The van der Waals surface area contributed by atoms with Crippen molar-refractivity contribution in [2.75, 3.05) is 27.3 Å². The number of aromatic nitrogens is 1. The van der Waals surface area contributed by atoms with Crippen LogP contribution in [0.2, 0.25) is 0 Å². The van der Waals surface area contributed by atoms with Crippen LogP contribution in [-0.4, -0.2) is 49.2 Å². The monoisotopic (exact) mass is 354 g/mol. The third kappa shape index (κ3) is 4.22. The molecular weight excluding hydrogens is 328 g/mol. The van der Waals surface area contributed by atoms with Gasteiger partial charge in [0.25, 0.3) is 5.91 Å². The van der Waals surface area contributed by atoms with Crippen molar-refractivity contribution in [3.8, 4) is 5.75 Å². The zero-order chi connectivity index (χ0) is 18.5. The summed E-state index contributed by atoms with van der Waals surface area (Å²) in [6, 6.07) is 11.8. The molecule has 2 atom stereocenters. The average Bonchev–Trinajstić information content (AvgIpc) is 2.68. The maximum atomic E-state index is 12.8. The summed E-state index contributed by atoms with van der Waals surface area (Å²) in [5.41, 5.74) is 2.79. The summed E-state index contributed by atoms with van der Waals surface area (Å²) in [7, 11) is 3.42. The zero-order valence-electron chi connectivity index (χ0n) is 15.6. The van der Waals surface area contributed by atoms with Crippen LogP contribution in [0.4, 0.5) is 0 Å². The van der Waals surface area contributed by atoms with Crippen molar-refractivity contribution in [2.45, 2.75) is 25.9 Å². The highest BCUT2D eigenvalue weighted by Crippen LogP contribution is 2.25. The Bertz CT molecular complexity index is 728. The second-order valence-electron chi connectivity index (χ2n) is 6.81. The van der Waals surface area contributed by atoms with Crippen LogP contribution >= 0.6 is 0 Å². The molecule has 1 aliphatic rings. The summed E-state index contributed by atoms with van der Waals surface area (Å²) in [6.07, 6.45) is 3.55. The Labute approximate surface area is 155 Å². The number of piperidine rings is 1. The number of rotatable bonds is 5. The summed E-state index contributed by atoms with van der Waals surface area (Å²) >= 11 is 0. The van der Waals surface area contributed by atoms with E-state index in [2.05, 4.69) is 17.1 Å². The first kappa shape index (κ1) is 18.4. The maximum Gasteiger partial charge on any atom is 0.255 e. The van der Waals surface area contributed by atoms with E-state index in [4.69, 9.17) is 9.47 Å². The number of hydrogen-bond donors (Lipinski definition) is 0. The highest BCUT2D eigenvalue weighted by molar-refractivity contribution is 5.94. The van der Waals surface area contributed by atoms with E-state index in [9.17, 15) is 4.79 Å². The fourth-order valence-electron chi connectivity index (χ4n) is 3.54. The number of amides is 1. The van der Waals surface area contributed by atoms with E-state index in [0.717, 1.165) is 24.3 Å². The van der Waals surface area contributed by atoms with Gasteiger partial charge < -0.3 is 14.4 Å². The van der Waals surface area contributed by atoms with Crippen LogP contribution in [0, 0.1) is 12.8 Å². The fourth-order valence-corrected chi connectivity index (χ4v) is 3.54. The molecule has 3 rings (SSSR count). The highest BCUT2D eigenvalue weighted by atomic mass is 16.5. The predicted octanol–water partition coefficient (Wildman–Crippen LogP) is 3.12. The van der Waals surface area contributed by atoms with Crippen molar-refractivity contribution in [3.63, 3.8) is 0 Å². The number of aryl methyl sites for hydroxylation is 1. The van der Waals surface area contributed by atoms with E-state index >= 15 is 0 Å². The normalized spacial score (nSPS) is 20.0. The van der Waals surface area contributed by atoms with E-state index < -0.39 is 0 Å². The van der Waals surface area contributed by atoms with E-state index in [-0.39, 0.29) is 17.9 Å². The summed E-state index contributed by atoms with van der Waals surface area (Å²) in [4.78, 5) is 19.0. The number of nitrogens with zero attached hydrogens (tertiary/aromatic N) is 2. The Morgan fingerprint density at radius 3 is 2.58 bits per heavy atom. The number of pyridine rings is 1. The molecule has 0 saturated carbocycles. The first-order valence-electron chi connectivity index (χ1n) is 8.98. The largest absolute Gasteiger partial charge is 0.497 e. The van der Waals surface area contributed by atoms with Crippen molar-refractivity contribution in [2.24, 2.45) is 5.92 Å². The van der Waals surface area contributed by atoms with Gasteiger partial charge in [-0.3, -0.25) is 9.78 Å². The quantitative estimate of drug-likeness (QED) is 0.828. The Balaban J connectivity index is 1.70. The van der Waals surface area contributed by atoms with E-state index in [1.165, 1.54) is 5.56 Å². The molecular formula is C21H26N2O3. The molecule has 1 fully saturated rings. The molecule has 0 aliphatic carbocycles. The average molecular weight is 354 g/mol. The van der Waals surface area contributed by atoms with Crippen LogP contribution in [0.15, 0.2) is 42.6 Å². The molecule has 138 valence electrons. The number of benzene rings is 1. The summed E-state index contributed by atoms with van der Waals surface area (Å²) in [5.74, 6) is 1.17. The van der Waals surface area contributed by atoms with Crippen LogP contribution in [-0.2, 0) is 11.2 Å². The molecule has 0 N–H and O–H groups in total. The van der Waals surface area contributed by atoms with Crippen molar-refractivity contribution >= 4 is 5.91 Å². The van der Waals surface area contributed by atoms with E-state index in [1.54, 1.807) is 20.4 Å². The van der Waals surface area contributed by atoms with E-state index in [1.807, 2.05) is 36.1 Å². The lowest BCUT2D eigenvalue weighted by molar-refractivity contribution is -0.00300. The second kappa shape index (κ2) is 8.32. The van der Waals surface area contributed by atoms with Gasteiger partial charge in [-0.25, -0.2) is 0 Å². The Kier molecular flexibility index (Phi) is 5.89. The lowest BCUT2D eigenvalue weighted by atomic mass is 9.88. The lowest BCUT2D eigenvalue weighted by Gasteiger charge is -2.38. The molecule has 0 spiro atoms. The lowest BCUT2D eigenvalue weighted by Crippen LogP contribution is -2.47. The number of likely N-dealkylation sites (tertiary alicyclic amines) is 1. The molecule has 2 aromatic rings. The van der Waals surface area contributed by atoms with Crippen LogP contribution in [0.25, 0.3) is 0 Å². The van der Waals surface area contributed by atoms with Gasteiger partial charge in [0, 0.05) is 38.0 Å². The van der Waals surface area contributed by atoms with Crippen molar-refractivity contribution in [1.82, 2.24) is 9.88 Å². The van der Waals surface area contributed by atoms with Gasteiger partial charge in [0.1, 0.15) is 5.75 Å². The Morgan fingerprint density at radius 1 is 1.19 bits per heavy atom. The van der Waals surface area contributed by atoms with Gasteiger partial charge in [0.05, 0.1) is 18.8 Å². The second-order valence-corrected chi connectivity index (χ2v) is 6.81. The summed E-state index contributed by atoms with van der Waals surface area (Å²) < 4.78 is 10.9. The van der Waals surface area contributed by atoms with Crippen LogP contribution in [0.1, 0.15) is 28.0 Å². The molecule has 5 nitrogen and oxygen atoms in total. The topological polar surface area (TPSA) is 51.7 Å². The molecule has 1 saturated heterocycles. The predicted molar refractivity (Wildman–Crippen MR) is 100 cm³/mol. The maximum absolute atomic E-state index is 12.8. The Hall–Kier alpha value is -2.40. The smallest absolute Gasteiger partial charge is 0.255 e. The van der Waals surface area contributed by atoms with Crippen molar-refractivity contribution in [1.29, 1.82) is 0 Å². The first-order valence-corrected chi connectivity index (χ1v) is 8.98. The molecule has 1 aliphatic heterocycles. The summed E-state index contributed by atoms with van der Waals surface area (Å²) in [6.45, 7) is 3.32. The van der Waals surface area contributed by atoms with Gasteiger partial charge in [0.15, 0.2) is 0 Å². The minimum absolute atomic E-state index is 0.0479. The van der Waals surface area contributed by atoms with Gasteiger partial charge in [-0.15, -0.1) is 0 Å². The first-order chi connectivity index (χ1) is 12.6. The SMILES string of the molecule is COc1ccc(C[C@H]2CN(C(=O)c3ccc(C)nc3)CC[C@H]2OC)cc1. The third-order valence-corrected chi connectivity index (χ3v) is 5.07. The van der Waals surface area contributed by atoms with Gasteiger partial charge in [0.2, 0.25) is 0 Å². The molecule has 2 heterocycles. The van der Waals surface area contributed by atoms with Gasteiger partial charge in [-0.05, 0) is 49.6 Å². The fraction of sp³-hybridized carbons (Fsp3) is 0.429. The molecule has 1 aromatic carbocycles. The molecule has 0 radical (unpaired) electrons. The molecule has 5 heteroatoms. The van der Waals surface area contributed by atoms with Gasteiger partial charge in [-0.1, -0.05) is 12.1 Å². The molecule has 0 bridgehead atoms. The zero-order valence-corrected chi connectivity index (χ0v) is 15.6. The van der Waals surface area contributed by atoms with Crippen LogP contribution < -0.4 is 4.74 Å². The third-order valence-electron chi connectivity index (χ3n) is 5.07. The van der Waals surface area contributed by atoms with E-state index in [0.29, 0.717) is 18.7 Å². The van der Waals surface area contributed by atoms with Crippen molar-refractivity contribution < 1.29 is 14.3 Å². The number of carbonyl (C=O) groups excluding carboxylic acids is 1. The molecule has 0 unspecified atom stereocenters. The molecule has 26 heavy (non-hydrogen) atoms. The Morgan fingerprint density at radius 2 is 1.96 bits per heavy atom. The standard InChI is InChI=1S/C21H26N2O3/c1-15-4-7-17(13-22-15)21(24)23-11-10-20(26-3)18(14-23)12-16-5-8-19(25-2)9-6-16/h4-9,13,18,20H,10-12,14H2,1-3H3/t18-,20+/m0/s1. The van der Waals surface area contributed by atoms with Gasteiger partial charge in [-0.2, -0.15) is 0 Å². The van der Waals surface area contributed by atoms with Crippen LogP contribution in [0.5, 0.6) is 5.75 Å². The molecule has 1 aromatic heterocycles. The number of carbonyl (C=O) groups is 1. The van der Waals surface area contributed by atoms with Crippen molar-refractivity contribution in [3.05, 3.63) is 59.4 Å². The minimum atomic E-state index is 0.0479. The van der Waals surface area contributed by atoms with Gasteiger partial charge >= 0.3 is 0 Å². The van der Waals surface area contributed by atoms with Crippen LogP contribution in [0.3, 0.4) is 0 Å². The minimum Gasteiger partial charge on any atom is -0.497 e. The number of methoxy groups -OCH3 is 2. The number of ether oxygens (including phenoxy) is 2. The number of hydrogen-bond acceptors (Lipinski definition) is 4. The highest BCUT2D eigenvalue weighted by Gasteiger charge is 2.32.